The van der Waals surface area contributed by atoms with E-state index in [9.17, 15) is 18.0 Å². The first-order chi connectivity index (χ1) is 8.97. The van der Waals surface area contributed by atoms with Crippen LogP contribution in [0.15, 0.2) is 42.6 Å². The second-order valence-corrected chi connectivity index (χ2v) is 3.58. The molecule has 0 fully saturated rings. The molecule has 0 aliphatic heterocycles. The molecule has 0 unspecified atom stereocenters. The van der Waals surface area contributed by atoms with Gasteiger partial charge in [0, 0.05) is 11.8 Å². The van der Waals surface area contributed by atoms with Crippen LogP contribution < -0.4 is 5.32 Å². The van der Waals surface area contributed by atoms with E-state index in [1.54, 1.807) is 18.2 Å². The van der Waals surface area contributed by atoms with Crippen LogP contribution in [-0.4, -0.2) is 15.9 Å². The largest absolute Gasteiger partial charge is 0.433 e. The summed E-state index contributed by atoms with van der Waals surface area (Å²) >= 11 is 0. The smallest absolute Gasteiger partial charge is 0.290 e. The van der Waals surface area contributed by atoms with Gasteiger partial charge >= 0.3 is 6.18 Å². The summed E-state index contributed by atoms with van der Waals surface area (Å²) in [5.41, 5.74) is -0.797. The van der Waals surface area contributed by atoms with E-state index in [0.29, 0.717) is 5.56 Å². The van der Waals surface area contributed by atoms with Crippen LogP contribution in [0.4, 0.5) is 19.1 Å². The molecule has 0 radical (unpaired) electrons. The van der Waals surface area contributed by atoms with E-state index in [0.717, 1.165) is 12.3 Å². The lowest BCUT2D eigenvalue weighted by molar-refractivity contribution is -0.141. The molecule has 7 heteroatoms. The first kappa shape index (κ1) is 13.0. The SMILES string of the molecule is O=C(Nc1nccc(C(F)(F)F)n1)c1ccccc1. The van der Waals surface area contributed by atoms with Gasteiger partial charge in [0.2, 0.25) is 5.95 Å². The Morgan fingerprint density at radius 2 is 1.79 bits per heavy atom. The van der Waals surface area contributed by atoms with E-state index in [1.165, 1.54) is 12.1 Å². The monoisotopic (exact) mass is 267 g/mol. The Bertz CT molecular complexity index is 584. The summed E-state index contributed by atoms with van der Waals surface area (Å²) in [5, 5.41) is 2.21. The van der Waals surface area contributed by atoms with E-state index in [2.05, 4.69) is 15.3 Å². The van der Waals surface area contributed by atoms with Crippen molar-refractivity contribution >= 4 is 11.9 Å². The lowest BCUT2D eigenvalue weighted by Gasteiger charge is -2.07. The number of hydrogen-bond donors (Lipinski definition) is 1. The minimum absolute atomic E-state index is 0.309. The van der Waals surface area contributed by atoms with Crippen molar-refractivity contribution in [3.63, 3.8) is 0 Å². The van der Waals surface area contributed by atoms with Crippen LogP contribution in [0.2, 0.25) is 0 Å². The van der Waals surface area contributed by atoms with E-state index in [4.69, 9.17) is 0 Å². The number of nitrogens with zero attached hydrogens (tertiary/aromatic N) is 2. The van der Waals surface area contributed by atoms with E-state index in [1.807, 2.05) is 0 Å². The number of alkyl halides is 3. The maximum absolute atomic E-state index is 12.4. The second kappa shape index (κ2) is 5.05. The molecule has 0 bridgehead atoms. The summed E-state index contributed by atoms with van der Waals surface area (Å²) in [6, 6.07) is 8.80. The van der Waals surface area contributed by atoms with Crippen molar-refractivity contribution in [2.75, 3.05) is 5.32 Å². The van der Waals surface area contributed by atoms with Gasteiger partial charge in [-0.3, -0.25) is 10.1 Å². The lowest BCUT2D eigenvalue weighted by Crippen LogP contribution is -2.16. The topological polar surface area (TPSA) is 54.9 Å². The van der Waals surface area contributed by atoms with Crippen LogP contribution in [0.1, 0.15) is 16.1 Å². The quantitative estimate of drug-likeness (QED) is 0.910. The summed E-state index contributed by atoms with van der Waals surface area (Å²) < 4.78 is 37.3. The number of nitrogens with one attached hydrogen (secondary N) is 1. The van der Waals surface area contributed by atoms with Gasteiger partial charge < -0.3 is 0 Å². The standard InChI is InChI=1S/C12H8F3N3O/c13-12(14,15)9-6-7-16-11(17-9)18-10(19)8-4-2-1-3-5-8/h1-7H,(H,16,17,18,19). The number of carbonyl (C=O) groups is 1. The molecule has 1 heterocycles. The van der Waals surface area contributed by atoms with Crippen molar-refractivity contribution in [3.8, 4) is 0 Å². The van der Waals surface area contributed by atoms with Crippen LogP contribution >= 0.6 is 0 Å². The number of anilines is 1. The number of benzene rings is 1. The number of hydrogen-bond acceptors (Lipinski definition) is 3. The van der Waals surface area contributed by atoms with Gasteiger partial charge in [0.1, 0.15) is 5.69 Å². The third-order valence-electron chi connectivity index (χ3n) is 2.21. The molecule has 98 valence electrons. The zero-order valence-electron chi connectivity index (χ0n) is 9.48. The average Bonchev–Trinajstić information content (AvgIpc) is 2.39. The fourth-order valence-corrected chi connectivity index (χ4v) is 1.34. The Hall–Kier alpha value is -2.44. The zero-order chi connectivity index (χ0) is 13.9. The molecule has 19 heavy (non-hydrogen) atoms. The second-order valence-electron chi connectivity index (χ2n) is 3.58. The molecule has 2 rings (SSSR count). The molecule has 0 saturated heterocycles. The highest BCUT2D eigenvalue weighted by Crippen LogP contribution is 2.27. The predicted molar refractivity (Wildman–Crippen MR) is 61.4 cm³/mol. The number of halogens is 3. The molecule has 1 aromatic carbocycles. The Kier molecular flexibility index (Phi) is 3.46. The van der Waals surface area contributed by atoms with Crippen molar-refractivity contribution in [1.29, 1.82) is 0 Å². The van der Waals surface area contributed by atoms with Crippen molar-refractivity contribution in [3.05, 3.63) is 53.9 Å². The van der Waals surface area contributed by atoms with Crippen LogP contribution in [0.25, 0.3) is 0 Å². The van der Waals surface area contributed by atoms with E-state index in [-0.39, 0.29) is 5.95 Å². The van der Waals surface area contributed by atoms with Gasteiger partial charge in [0.05, 0.1) is 0 Å². The molecule has 2 aromatic rings. The first-order valence-corrected chi connectivity index (χ1v) is 5.23. The maximum Gasteiger partial charge on any atom is 0.433 e. The Balaban J connectivity index is 2.18. The number of aromatic nitrogens is 2. The average molecular weight is 267 g/mol. The Morgan fingerprint density at radius 1 is 1.11 bits per heavy atom. The van der Waals surface area contributed by atoms with Crippen LogP contribution in [0.5, 0.6) is 0 Å². The molecular formula is C12H8F3N3O. The highest BCUT2D eigenvalue weighted by atomic mass is 19.4. The van der Waals surface area contributed by atoms with Crippen LogP contribution in [-0.2, 0) is 6.18 Å². The molecule has 0 aliphatic carbocycles. The van der Waals surface area contributed by atoms with Crippen molar-refractivity contribution in [2.24, 2.45) is 0 Å². The van der Waals surface area contributed by atoms with Gasteiger partial charge in [-0.05, 0) is 18.2 Å². The summed E-state index contributed by atoms with van der Waals surface area (Å²) in [6.45, 7) is 0. The molecule has 1 aromatic heterocycles. The van der Waals surface area contributed by atoms with Gasteiger partial charge in [0.15, 0.2) is 0 Å². The van der Waals surface area contributed by atoms with Crippen molar-refractivity contribution < 1.29 is 18.0 Å². The van der Waals surface area contributed by atoms with Gasteiger partial charge in [0.25, 0.3) is 5.91 Å². The normalized spacial score (nSPS) is 11.1. The third-order valence-corrected chi connectivity index (χ3v) is 2.21. The van der Waals surface area contributed by atoms with Gasteiger partial charge in [-0.1, -0.05) is 18.2 Å². The van der Waals surface area contributed by atoms with E-state index >= 15 is 0 Å². The zero-order valence-corrected chi connectivity index (χ0v) is 9.48. The minimum Gasteiger partial charge on any atom is -0.290 e. The van der Waals surface area contributed by atoms with Crippen molar-refractivity contribution in [2.45, 2.75) is 6.18 Å². The van der Waals surface area contributed by atoms with Gasteiger partial charge in [-0.15, -0.1) is 0 Å². The number of rotatable bonds is 2. The molecule has 0 aliphatic rings. The predicted octanol–water partition coefficient (Wildman–Crippen LogP) is 2.75. The van der Waals surface area contributed by atoms with E-state index < -0.39 is 17.8 Å². The molecule has 0 atom stereocenters. The Labute approximate surface area is 106 Å². The molecule has 1 N–H and O–H groups in total. The highest BCUT2D eigenvalue weighted by Gasteiger charge is 2.32. The van der Waals surface area contributed by atoms with Gasteiger partial charge in [-0.2, -0.15) is 13.2 Å². The van der Waals surface area contributed by atoms with Crippen LogP contribution in [0, 0.1) is 0 Å². The lowest BCUT2D eigenvalue weighted by atomic mass is 10.2. The first-order valence-electron chi connectivity index (χ1n) is 5.23. The molecule has 1 amide bonds. The van der Waals surface area contributed by atoms with Gasteiger partial charge in [-0.25, -0.2) is 9.97 Å². The molecule has 4 nitrogen and oxygen atoms in total. The Morgan fingerprint density at radius 3 is 2.42 bits per heavy atom. The van der Waals surface area contributed by atoms with Crippen LogP contribution in [0.3, 0.4) is 0 Å². The fraction of sp³-hybridized carbons (Fsp3) is 0.0833. The maximum atomic E-state index is 12.4. The third kappa shape index (κ3) is 3.27. The summed E-state index contributed by atoms with van der Waals surface area (Å²) in [5.74, 6) is -0.955. The summed E-state index contributed by atoms with van der Waals surface area (Å²) in [4.78, 5) is 18.5. The molecule has 0 spiro atoms. The molecule has 0 saturated carbocycles. The summed E-state index contributed by atoms with van der Waals surface area (Å²) in [7, 11) is 0. The fourth-order valence-electron chi connectivity index (χ4n) is 1.34. The summed E-state index contributed by atoms with van der Waals surface area (Å²) in [6.07, 6.45) is -3.63. The highest BCUT2D eigenvalue weighted by molar-refractivity contribution is 6.03. The minimum atomic E-state index is -4.57. The number of amides is 1. The number of carbonyl (C=O) groups excluding carboxylic acids is 1. The molecular weight excluding hydrogens is 259 g/mol. The van der Waals surface area contributed by atoms with Crippen molar-refractivity contribution in [1.82, 2.24) is 9.97 Å².